The van der Waals surface area contributed by atoms with Crippen LogP contribution >= 0.6 is 22.7 Å². The van der Waals surface area contributed by atoms with E-state index in [0.29, 0.717) is 5.92 Å². The Hall–Kier alpha value is -2.32. The van der Waals surface area contributed by atoms with Gasteiger partial charge in [-0.3, -0.25) is 0 Å². The Morgan fingerprint density at radius 3 is 2.42 bits per heavy atom. The molecule has 0 bridgehead atoms. The molecule has 1 aliphatic heterocycles. The molecule has 0 saturated heterocycles. The lowest BCUT2D eigenvalue weighted by atomic mass is 10.0. The molecule has 4 rings (SSSR count). The number of rotatable bonds is 3. The normalized spacial score (nSPS) is 23.8. The Bertz CT molecular complexity index is 949. The predicted octanol–water partition coefficient (Wildman–Crippen LogP) is 3.95. The van der Waals surface area contributed by atoms with Crippen molar-refractivity contribution in [3.63, 3.8) is 0 Å². The molecule has 2 aromatic rings. The standard InChI is InChI=1S/C18H14N4S2/c1-18(2)14-15(18)17(13-6-4-8-24-13)22(11(9-19)10-20)21-16(14)12-5-3-7-23-12/h3-8,14-15H,1-2H3/t14-,15+/m0/s1. The summed E-state index contributed by atoms with van der Waals surface area (Å²) in [5.74, 6) is 2.60. The van der Waals surface area contributed by atoms with E-state index in [0.717, 1.165) is 21.2 Å². The summed E-state index contributed by atoms with van der Waals surface area (Å²) < 4.78 is 1.58. The topological polar surface area (TPSA) is 61.5 Å². The molecule has 1 fully saturated rings. The van der Waals surface area contributed by atoms with Gasteiger partial charge in [-0.05, 0) is 33.0 Å². The fourth-order valence-electron chi connectivity index (χ4n) is 3.61. The van der Waals surface area contributed by atoms with E-state index in [4.69, 9.17) is 5.10 Å². The van der Waals surface area contributed by atoms with Crippen molar-refractivity contribution in [1.82, 2.24) is 0 Å². The van der Waals surface area contributed by atoms with E-state index in [-0.39, 0.29) is 17.0 Å². The predicted molar refractivity (Wildman–Crippen MR) is 97.8 cm³/mol. The monoisotopic (exact) mass is 350 g/mol. The van der Waals surface area contributed by atoms with Crippen molar-refractivity contribution in [3.05, 3.63) is 55.9 Å². The number of allylic oxidation sites excluding steroid dienone is 1. The van der Waals surface area contributed by atoms with Crippen molar-refractivity contribution in [2.45, 2.75) is 13.8 Å². The highest BCUT2D eigenvalue weighted by Gasteiger charge is 2.69. The second kappa shape index (κ2) is 5.35. The summed E-state index contributed by atoms with van der Waals surface area (Å²) in [7, 11) is 0. The number of hydrogen-bond donors (Lipinski definition) is 0. The van der Waals surface area contributed by atoms with Crippen LogP contribution in [0.15, 0.2) is 45.8 Å². The third-order valence-corrected chi connectivity index (χ3v) is 6.61. The van der Waals surface area contributed by atoms with Gasteiger partial charge < -0.3 is 5.41 Å². The Labute approximate surface area is 148 Å². The summed E-state index contributed by atoms with van der Waals surface area (Å²) in [5.41, 5.74) is 2.06. The fourth-order valence-corrected chi connectivity index (χ4v) is 5.16. The minimum atomic E-state index is 0.0219. The van der Waals surface area contributed by atoms with Gasteiger partial charge in [-0.2, -0.15) is 11.1 Å². The van der Waals surface area contributed by atoms with Crippen LogP contribution < -0.4 is 0 Å². The van der Waals surface area contributed by atoms with E-state index < -0.39 is 0 Å². The van der Waals surface area contributed by atoms with Crippen molar-refractivity contribution in [2.24, 2.45) is 22.4 Å². The quantitative estimate of drug-likeness (QED) is 0.470. The Balaban J connectivity index is 2.00. The van der Waals surface area contributed by atoms with Crippen molar-refractivity contribution in [2.75, 3.05) is 0 Å². The lowest BCUT2D eigenvalue weighted by Gasteiger charge is -2.09. The number of thiophene rings is 2. The molecule has 0 radical (unpaired) electrons. The Kier molecular flexibility index (Phi) is 3.40. The zero-order chi connectivity index (χ0) is 16.9. The molecule has 2 aliphatic rings. The average molecular weight is 350 g/mol. The van der Waals surface area contributed by atoms with Crippen molar-refractivity contribution >= 4 is 40.0 Å². The molecule has 3 heterocycles. The average Bonchev–Trinajstić information content (AvgIpc) is 3.10. The van der Waals surface area contributed by atoms with Gasteiger partial charge in [-0.15, -0.1) is 22.7 Å². The molecule has 0 N–H and O–H groups in total. The molecule has 1 aliphatic carbocycles. The first-order chi connectivity index (χ1) is 11.6. The molecule has 6 heteroatoms. The van der Waals surface area contributed by atoms with Gasteiger partial charge in [0.2, 0.25) is 5.71 Å². The molecule has 4 nitrogen and oxygen atoms in total. The summed E-state index contributed by atoms with van der Waals surface area (Å²) in [4.78, 5) is 2.19. The number of nitrogens with zero attached hydrogens (tertiary/aromatic N) is 4. The summed E-state index contributed by atoms with van der Waals surface area (Å²) in [6.45, 7) is 4.47. The minimum absolute atomic E-state index is 0.0219. The van der Waals surface area contributed by atoms with Crippen LogP contribution in [0.3, 0.4) is 0 Å². The fraction of sp³-hybridized carbons (Fsp3) is 0.278. The number of hydrazone groups is 1. The first-order valence-corrected chi connectivity index (χ1v) is 9.36. The summed E-state index contributed by atoms with van der Waals surface area (Å²) in [6.07, 6.45) is 0. The van der Waals surface area contributed by atoms with E-state index in [1.807, 2.05) is 40.9 Å². The van der Waals surface area contributed by atoms with Crippen LogP contribution in [0.2, 0.25) is 0 Å². The van der Waals surface area contributed by atoms with Crippen LogP contribution in [-0.4, -0.2) is 22.0 Å². The summed E-state index contributed by atoms with van der Waals surface area (Å²) >= 11 is 3.27. The second-order valence-electron chi connectivity index (χ2n) is 6.49. The van der Waals surface area contributed by atoms with Crippen molar-refractivity contribution < 1.29 is 4.68 Å². The van der Waals surface area contributed by atoms with Gasteiger partial charge >= 0.3 is 5.70 Å². The maximum atomic E-state index is 9.41. The number of nitriles is 1. The molecular formula is C18H14N4S2. The van der Waals surface area contributed by atoms with Crippen LogP contribution in [0.5, 0.6) is 0 Å². The molecule has 0 unspecified atom stereocenters. The maximum Gasteiger partial charge on any atom is 0.335 e. The molecule has 2 aromatic heterocycles. The summed E-state index contributed by atoms with van der Waals surface area (Å²) in [6, 6.07) is 10.1. The zero-order valence-corrected chi connectivity index (χ0v) is 14.9. The zero-order valence-electron chi connectivity index (χ0n) is 13.2. The first kappa shape index (κ1) is 15.2. The minimum Gasteiger partial charge on any atom is -0.757 e. The van der Waals surface area contributed by atoms with E-state index in [9.17, 15) is 10.7 Å². The van der Waals surface area contributed by atoms with Crippen molar-refractivity contribution in [1.29, 1.82) is 5.26 Å². The van der Waals surface area contributed by atoms with Crippen LogP contribution in [-0.2, 0) is 0 Å². The van der Waals surface area contributed by atoms with Gasteiger partial charge in [0.15, 0.2) is 6.07 Å². The third kappa shape index (κ3) is 2.06. The molecule has 0 amide bonds. The third-order valence-electron chi connectivity index (χ3n) is 4.82. The number of fused-ring (bicyclic) bond motifs is 1. The van der Waals surface area contributed by atoms with Crippen LogP contribution in [0.4, 0.5) is 0 Å². The van der Waals surface area contributed by atoms with E-state index >= 15 is 0 Å². The SMILES string of the molecule is CC1(C)[C@@H]2C(c3cccs3)=N[N+](C(=C=[N-])C#N)=C(c3cccs3)[C@@H]21. The van der Waals surface area contributed by atoms with E-state index in [2.05, 4.69) is 19.9 Å². The Morgan fingerprint density at radius 2 is 1.88 bits per heavy atom. The largest absolute Gasteiger partial charge is 0.757 e. The number of hydrogen-bond acceptors (Lipinski definition) is 4. The van der Waals surface area contributed by atoms with Gasteiger partial charge in [-0.1, -0.05) is 26.0 Å². The lowest BCUT2D eigenvalue weighted by molar-refractivity contribution is -0.476. The molecule has 0 spiro atoms. The molecule has 2 atom stereocenters. The first-order valence-electron chi connectivity index (χ1n) is 7.60. The molecule has 118 valence electrons. The van der Waals surface area contributed by atoms with Crippen molar-refractivity contribution in [3.8, 4) is 6.07 Å². The van der Waals surface area contributed by atoms with E-state index in [1.54, 1.807) is 27.4 Å². The smallest absolute Gasteiger partial charge is 0.335 e. The molecular weight excluding hydrogens is 336 g/mol. The molecule has 1 saturated carbocycles. The van der Waals surface area contributed by atoms with Gasteiger partial charge in [0.05, 0.1) is 15.7 Å². The highest BCUT2D eigenvalue weighted by atomic mass is 32.1. The van der Waals surface area contributed by atoms with Gasteiger partial charge in [0.1, 0.15) is 5.71 Å². The second-order valence-corrected chi connectivity index (χ2v) is 8.38. The van der Waals surface area contributed by atoms with Gasteiger partial charge in [-0.25, -0.2) is 0 Å². The molecule has 24 heavy (non-hydrogen) atoms. The highest BCUT2D eigenvalue weighted by molar-refractivity contribution is 7.12. The Morgan fingerprint density at radius 1 is 1.21 bits per heavy atom. The van der Waals surface area contributed by atoms with Gasteiger partial charge in [0, 0.05) is 11.0 Å². The van der Waals surface area contributed by atoms with E-state index in [1.165, 1.54) is 0 Å². The van der Waals surface area contributed by atoms with Crippen LogP contribution in [0, 0.1) is 28.6 Å². The highest BCUT2D eigenvalue weighted by Crippen LogP contribution is 2.62. The van der Waals surface area contributed by atoms with Crippen LogP contribution in [0.25, 0.3) is 5.41 Å². The van der Waals surface area contributed by atoms with Gasteiger partial charge in [0.25, 0.3) is 0 Å². The van der Waals surface area contributed by atoms with Crippen LogP contribution in [0.1, 0.15) is 23.6 Å². The maximum absolute atomic E-state index is 9.41. The lowest BCUT2D eigenvalue weighted by Crippen LogP contribution is -2.27. The molecule has 0 aromatic carbocycles. The summed E-state index contributed by atoms with van der Waals surface area (Å²) in [5, 5.41) is 27.6.